The number of aliphatic hydroxyl groups is 1. The van der Waals surface area contributed by atoms with E-state index in [1.54, 1.807) is 37.2 Å². The number of nitrogens with one attached hydrogen (secondary N) is 2. The summed E-state index contributed by atoms with van der Waals surface area (Å²) < 4.78 is 19.4. The Morgan fingerprint density at radius 1 is 1.26 bits per heavy atom. The van der Waals surface area contributed by atoms with Gasteiger partial charge in [-0.05, 0) is 33.0 Å². The predicted molar refractivity (Wildman–Crippen MR) is 98.3 cm³/mol. The van der Waals surface area contributed by atoms with Crippen molar-refractivity contribution in [2.24, 2.45) is 0 Å². The van der Waals surface area contributed by atoms with Gasteiger partial charge in [-0.1, -0.05) is 18.2 Å². The summed E-state index contributed by atoms with van der Waals surface area (Å²) in [6, 6.07) is 6.00. The molecule has 7 nitrogen and oxygen atoms in total. The smallest absolute Gasteiger partial charge is 0.234 e. The first kappa shape index (κ1) is 21.3. The number of benzene rings is 1. The van der Waals surface area contributed by atoms with Crippen molar-refractivity contribution >= 4 is 11.8 Å². The van der Waals surface area contributed by atoms with Crippen molar-refractivity contribution in [2.45, 2.75) is 44.1 Å². The minimum Gasteiger partial charge on any atom is -0.394 e. The lowest BCUT2D eigenvalue weighted by atomic mass is 9.97. The zero-order chi connectivity index (χ0) is 19.8. The SMILES string of the molecule is CN(C)CC(=O)N[C@@H]1CC[C@H](CC(=O)NCc2ccccc2F)O[C@@H]1CO. The van der Waals surface area contributed by atoms with E-state index in [-0.39, 0.29) is 55.9 Å². The Morgan fingerprint density at radius 3 is 2.67 bits per heavy atom. The standard InChI is InChI=1S/C19H28FN3O4/c1-23(2)11-19(26)22-16-8-7-14(27-17(16)12-24)9-18(25)21-10-13-5-3-4-6-15(13)20/h3-6,14,16-17,24H,7-12H2,1-2H3,(H,21,25)(H,22,26)/t14-,16-,17-/m1/s1. The molecule has 3 N–H and O–H groups in total. The van der Waals surface area contributed by atoms with Crippen LogP contribution in [0.5, 0.6) is 0 Å². The molecule has 1 aromatic rings. The van der Waals surface area contributed by atoms with Gasteiger partial charge in [-0.25, -0.2) is 4.39 Å². The third-order valence-corrected chi connectivity index (χ3v) is 4.45. The van der Waals surface area contributed by atoms with Gasteiger partial charge in [0.1, 0.15) is 11.9 Å². The number of aliphatic hydroxyl groups excluding tert-OH is 1. The van der Waals surface area contributed by atoms with Crippen molar-refractivity contribution in [3.8, 4) is 0 Å². The molecule has 27 heavy (non-hydrogen) atoms. The summed E-state index contributed by atoms with van der Waals surface area (Å²) >= 11 is 0. The molecule has 1 fully saturated rings. The fourth-order valence-corrected chi connectivity index (χ4v) is 3.10. The fraction of sp³-hybridized carbons (Fsp3) is 0.579. The Hall–Kier alpha value is -2.03. The van der Waals surface area contributed by atoms with Crippen LogP contribution in [-0.4, -0.2) is 67.3 Å². The second-order valence-corrected chi connectivity index (χ2v) is 7.04. The number of hydrogen-bond donors (Lipinski definition) is 3. The van der Waals surface area contributed by atoms with E-state index in [1.165, 1.54) is 6.07 Å². The van der Waals surface area contributed by atoms with Gasteiger partial charge in [-0.2, -0.15) is 0 Å². The van der Waals surface area contributed by atoms with E-state index in [0.29, 0.717) is 18.4 Å². The number of halogens is 1. The number of carbonyl (C=O) groups is 2. The Labute approximate surface area is 158 Å². The molecule has 1 aliphatic heterocycles. The van der Waals surface area contributed by atoms with E-state index in [9.17, 15) is 19.1 Å². The quantitative estimate of drug-likeness (QED) is 0.607. The van der Waals surface area contributed by atoms with E-state index in [4.69, 9.17) is 4.74 Å². The van der Waals surface area contributed by atoms with Crippen LogP contribution in [0.3, 0.4) is 0 Å². The van der Waals surface area contributed by atoms with E-state index in [2.05, 4.69) is 10.6 Å². The molecule has 8 heteroatoms. The lowest BCUT2D eigenvalue weighted by molar-refractivity contribution is -0.136. The first-order valence-electron chi connectivity index (χ1n) is 9.09. The number of rotatable bonds is 8. The van der Waals surface area contributed by atoms with Crippen molar-refractivity contribution in [1.82, 2.24) is 15.5 Å². The molecule has 3 atom stereocenters. The second kappa shape index (κ2) is 10.3. The van der Waals surface area contributed by atoms with Crippen LogP contribution < -0.4 is 10.6 Å². The molecule has 0 radical (unpaired) electrons. The summed E-state index contributed by atoms with van der Waals surface area (Å²) in [5, 5.41) is 15.1. The first-order valence-corrected chi connectivity index (χ1v) is 9.09. The van der Waals surface area contributed by atoms with E-state index < -0.39 is 6.10 Å². The predicted octanol–water partition coefficient (Wildman–Crippen LogP) is 0.418. The Morgan fingerprint density at radius 2 is 2.00 bits per heavy atom. The van der Waals surface area contributed by atoms with Gasteiger partial charge >= 0.3 is 0 Å². The third-order valence-electron chi connectivity index (χ3n) is 4.45. The summed E-state index contributed by atoms with van der Waals surface area (Å²) in [6.45, 7) is 0.141. The van der Waals surface area contributed by atoms with Gasteiger partial charge in [-0.15, -0.1) is 0 Å². The van der Waals surface area contributed by atoms with Gasteiger partial charge in [-0.3, -0.25) is 9.59 Å². The first-order chi connectivity index (χ1) is 12.9. The van der Waals surface area contributed by atoms with Crippen LogP contribution >= 0.6 is 0 Å². The normalized spacial score (nSPS) is 22.5. The van der Waals surface area contributed by atoms with Crippen LogP contribution in [0.15, 0.2) is 24.3 Å². The zero-order valence-corrected chi connectivity index (χ0v) is 15.8. The molecular formula is C19H28FN3O4. The monoisotopic (exact) mass is 381 g/mol. The number of ether oxygens (including phenoxy) is 1. The van der Waals surface area contributed by atoms with Gasteiger partial charge < -0.3 is 25.4 Å². The molecule has 0 spiro atoms. The highest BCUT2D eigenvalue weighted by molar-refractivity contribution is 5.78. The molecule has 0 bridgehead atoms. The van der Waals surface area contributed by atoms with Crippen LogP contribution in [-0.2, 0) is 20.9 Å². The second-order valence-electron chi connectivity index (χ2n) is 7.04. The minimum absolute atomic E-state index is 0.116. The molecule has 1 heterocycles. The Balaban J connectivity index is 1.79. The fourth-order valence-electron chi connectivity index (χ4n) is 3.10. The average Bonchev–Trinajstić information content (AvgIpc) is 2.61. The van der Waals surface area contributed by atoms with Gasteiger partial charge in [0.25, 0.3) is 0 Å². The summed E-state index contributed by atoms with van der Waals surface area (Å²) in [5.41, 5.74) is 0.423. The topological polar surface area (TPSA) is 90.9 Å². The molecule has 150 valence electrons. The maximum absolute atomic E-state index is 13.6. The number of amides is 2. The van der Waals surface area contributed by atoms with Crippen molar-refractivity contribution < 1.29 is 23.8 Å². The number of nitrogens with zero attached hydrogens (tertiary/aromatic N) is 1. The van der Waals surface area contributed by atoms with E-state index >= 15 is 0 Å². The van der Waals surface area contributed by atoms with E-state index in [0.717, 1.165) is 0 Å². The van der Waals surface area contributed by atoms with Gasteiger partial charge in [0.2, 0.25) is 11.8 Å². The van der Waals surface area contributed by atoms with Crippen molar-refractivity contribution in [3.05, 3.63) is 35.6 Å². The average molecular weight is 381 g/mol. The Kier molecular flexibility index (Phi) is 8.15. The molecule has 1 aliphatic rings. The lowest BCUT2D eigenvalue weighted by Gasteiger charge is -2.36. The molecule has 1 saturated heterocycles. The highest BCUT2D eigenvalue weighted by Crippen LogP contribution is 2.22. The molecule has 0 aliphatic carbocycles. The van der Waals surface area contributed by atoms with Gasteiger partial charge in [0.15, 0.2) is 0 Å². The summed E-state index contributed by atoms with van der Waals surface area (Å²) in [7, 11) is 3.60. The molecule has 0 unspecified atom stereocenters. The molecule has 2 rings (SSSR count). The molecular weight excluding hydrogens is 353 g/mol. The highest BCUT2D eigenvalue weighted by Gasteiger charge is 2.32. The maximum atomic E-state index is 13.6. The van der Waals surface area contributed by atoms with Crippen molar-refractivity contribution in [3.63, 3.8) is 0 Å². The van der Waals surface area contributed by atoms with Crippen molar-refractivity contribution in [1.29, 1.82) is 0 Å². The lowest BCUT2D eigenvalue weighted by Crippen LogP contribution is -2.52. The van der Waals surface area contributed by atoms with Crippen molar-refractivity contribution in [2.75, 3.05) is 27.2 Å². The maximum Gasteiger partial charge on any atom is 0.234 e. The van der Waals surface area contributed by atoms with Crippen LogP contribution in [0.2, 0.25) is 0 Å². The number of carbonyl (C=O) groups excluding carboxylic acids is 2. The molecule has 0 saturated carbocycles. The number of hydrogen-bond acceptors (Lipinski definition) is 5. The van der Waals surface area contributed by atoms with Gasteiger partial charge in [0, 0.05) is 12.1 Å². The van der Waals surface area contributed by atoms with E-state index in [1.807, 2.05) is 0 Å². The molecule has 0 aromatic heterocycles. The molecule has 1 aromatic carbocycles. The highest BCUT2D eigenvalue weighted by atomic mass is 19.1. The number of likely N-dealkylation sites (N-methyl/N-ethyl adjacent to an activating group) is 1. The Bertz CT molecular complexity index is 641. The van der Waals surface area contributed by atoms with Crippen LogP contribution in [0.25, 0.3) is 0 Å². The summed E-state index contributed by atoms with van der Waals surface area (Å²) in [4.78, 5) is 25.8. The molecule has 2 amide bonds. The van der Waals surface area contributed by atoms with Crippen LogP contribution in [0, 0.1) is 5.82 Å². The minimum atomic E-state index is -0.547. The van der Waals surface area contributed by atoms with Gasteiger partial charge in [0.05, 0.1) is 31.7 Å². The largest absolute Gasteiger partial charge is 0.394 e. The summed E-state index contributed by atoms with van der Waals surface area (Å²) in [5.74, 6) is -0.730. The third kappa shape index (κ3) is 6.89. The van der Waals surface area contributed by atoms with Crippen LogP contribution in [0.1, 0.15) is 24.8 Å². The summed E-state index contributed by atoms with van der Waals surface area (Å²) in [6.07, 6.45) is 0.453. The van der Waals surface area contributed by atoms with Crippen LogP contribution in [0.4, 0.5) is 4.39 Å². The zero-order valence-electron chi connectivity index (χ0n) is 15.8.